The molecule has 0 radical (unpaired) electrons. The summed E-state index contributed by atoms with van der Waals surface area (Å²) in [6.45, 7) is 2.54. The molecular weight excluding hydrogens is 371 g/mol. The lowest BCUT2D eigenvalue weighted by Crippen LogP contribution is -2.45. The molecule has 6 nitrogen and oxygen atoms in total. The van der Waals surface area contributed by atoms with Crippen molar-refractivity contribution in [1.82, 2.24) is 20.1 Å². The van der Waals surface area contributed by atoms with Crippen molar-refractivity contribution in [3.8, 4) is 0 Å². The maximum Gasteiger partial charge on any atom is 0.317 e. The molecule has 0 bridgehead atoms. The van der Waals surface area contributed by atoms with Gasteiger partial charge in [-0.25, -0.2) is 9.18 Å². The van der Waals surface area contributed by atoms with Gasteiger partial charge in [0.05, 0.1) is 17.8 Å². The Labute approximate surface area is 171 Å². The van der Waals surface area contributed by atoms with Gasteiger partial charge in [-0.05, 0) is 50.3 Å². The fourth-order valence-corrected chi connectivity index (χ4v) is 2.96. The normalized spacial score (nSPS) is 11.9. The Morgan fingerprint density at radius 3 is 2.52 bits per heavy atom. The Morgan fingerprint density at radius 1 is 1.17 bits per heavy atom. The number of rotatable bonds is 9. The number of pyridine rings is 1. The van der Waals surface area contributed by atoms with Crippen LogP contribution in [0.5, 0.6) is 0 Å². The molecule has 2 aromatic rings. The maximum absolute atomic E-state index is 14.2. The molecule has 1 N–H and O–H groups in total. The van der Waals surface area contributed by atoms with E-state index in [1.165, 1.54) is 6.07 Å². The number of nitrogens with zero attached hydrogens (tertiary/aromatic N) is 3. The summed E-state index contributed by atoms with van der Waals surface area (Å²) in [6, 6.07) is 10.1. The van der Waals surface area contributed by atoms with Crippen LogP contribution in [0.2, 0.25) is 0 Å². The van der Waals surface area contributed by atoms with Crippen molar-refractivity contribution in [1.29, 1.82) is 0 Å². The fourth-order valence-electron chi connectivity index (χ4n) is 2.96. The fraction of sp³-hybridized carbons (Fsp3) is 0.409. The number of carbonyl (C=O) groups is 2. The number of carbonyl (C=O) groups excluding carboxylic acids is 2. The van der Waals surface area contributed by atoms with Gasteiger partial charge in [0.25, 0.3) is 0 Å². The third-order valence-corrected chi connectivity index (χ3v) is 4.82. The second-order valence-corrected chi connectivity index (χ2v) is 7.28. The minimum Gasteiger partial charge on any atom is -0.336 e. The van der Waals surface area contributed by atoms with Gasteiger partial charge in [-0.2, -0.15) is 0 Å². The van der Waals surface area contributed by atoms with Gasteiger partial charge in [-0.1, -0.05) is 19.1 Å². The molecule has 0 saturated heterocycles. The highest BCUT2D eigenvalue weighted by molar-refractivity contribution is 5.96. The molecule has 1 heterocycles. The zero-order chi connectivity index (χ0) is 21.4. The second kappa shape index (κ2) is 10.7. The Hall–Kier alpha value is -2.80. The number of halogens is 1. The molecule has 0 saturated carbocycles. The van der Waals surface area contributed by atoms with Crippen molar-refractivity contribution >= 4 is 11.8 Å². The Balaban J connectivity index is 1.95. The molecule has 0 spiro atoms. The van der Waals surface area contributed by atoms with Crippen LogP contribution in [-0.4, -0.2) is 60.3 Å². The number of aromatic nitrogens is 1. The van der Waals surface area contributed by atoms with E-state index in [4.69, 9.17) is 0 Å². The molecule has 1 aromatic carbocycles. The summed E-state index contributed by atoms with van der Waals surface area (Å²) in [5.41, 5.74) is 1.72. The van der Waals surface area contributed by atoms with E-state index in [2.05, 4.69) is 10.3 Å². The first kappa shape index (κ1) is 22.5. The van der Waals surface area contributed by atoms with E-state index in [1.807, 2.05) is 37.2 Å². The average Bonchev–Trinajstić information content (AvgIpc) is 2.70. The van der Waals surface area contributed by atoms with Crippen LogP contribution in [0.1, 0.15) is 35.0 Å². The van der Waals surface area contributed by atoms with Crippen molar-refractivity contribution in [2.45, 2.75) is 32.4 Å². The van der Waals surface area contributed by atoms with E-state index in [0.29, 0.717) is 19.5 Å². The van der Waals surface area contributed by atoms with Gasteiger partial charge in [-0.3, -0.25) is 9.78 Å². The molecule has 2 amide bonds. The van der Waals surface area contributed by atoms with Gasteiger partial charge in [-0.15, -0.1) is 0 Å². The highest BCUT2D eigenvalue weighted by Gasteiger charge is 2.17. The van der Waals surface area contributed by atoms with E-state index in [-0.39, 0.29) is 29.8 Å². The number of amides is 2. The van der Waals surface area contributed by atoms with Gasteiger partial charge >= 0.3 is 6.03 Å². The number of nitrogens with one attached hydrogen (secondary N) is 1. The first-order chi connectivity index (χ1) is 13.8. The zero-order valence-corrected chi connectivity index (χ0v) is 17.5. The van der Waals surface area contributed by atoms with Crippen LogP contribution in [0.3, 0.4) is 0 Å². The molecule has 1 aromatic heterocycles. The van der Waals surface area contributed by atoms with Crippen LogP contribution < -0.4 is 5.32 Å². The van der Waals surface area contributed by atoms with Crippen molar-refractivity contribution in [2.24, 2.45) is 0 Å². The van der Waals surface area contributed by atoms with Gasteiger partial charge in [0, 0.05) is 32.3 Å². The third kappa shape index (κ3) is 6.64. The van der Waals surface area contributed by atoms with E-state index < -0.39 is 5.82 Å². The molecule has 156 valence electrons. The summed E-state index contributed by atoms with van der Waals surface area (Å²) in [5, 5.41) is 2.93. The predicted molar refractivity (Wildman–Crippen MR) is 111 cm³/mol. The largest absolute Gasteiger partial charge is 0.336 e. The van der Waals surface area contributed by atoms with E-state index in [0.717, 1.165) is 11.3 Å². The highest BCUT2D eigenvalue weighted by Crippen LogP contribution is 2.15. The predicted octanol–water partition coefficient (Wildman–Crippen LogP) is 3.13. The minimum absolute atomic E-state index is 0.0191. The van der Waals surface area contributed by atoms with Crippen molar-refractivity contribution in [2.75, 3.05) is 27.7 Å². The SMILES string of the molecule is CCC(=O)c1ccc(C[C@@H](CNC(=O)N(C)Cc2ccccn2)N(C)C)cc1F. The molecule has 29 heavy (non-hydrogen) atoms. The number of hydrogen-bond acceptors (Lipinski definition) is 4. The summed E-state index contributed by atoms with van der Waals surface area (Å²) in [6.07, 6.45) is 2.52. The molecular formula is C22H29FN4O2. The van der Waals surface area contributed by atoms with E-state index in [9.17, 15) is 14.0 Å². The first-order valence-corrected chi connectivity index (χ1v) is 9.68. The number of urea groups is 1. The standard InChI is InChI=1S/C22H29FN4O2/c1-5-21(28)19-10-9-16(13-20(19)23)12-18(26(2)3)14-25-22(29)27(4)15-17-8-6-7-11-24-17/h6-11,13,18H,5,12,14-15H2,1-4H3,(H,25,29)/t18-/m0/s1. The van der Waals surface area contributed by atoms with Gasteiger partial charge in [0.1, 0.15) is 5.82 Å². The maximum atomic E-state index is 14.2. The Morgan fingerprint density at radius 2 is 1.93 bits per heavy atom. The quantitative estimate of drug-likeness (QED) is 0.657. The van der Waals surface area contributed by atoms with Crippen LogP contribution in [-0.2, 0) is 13.0 Å². The van der Waals surface area contributed by atoms with Crippen LogP contribution in [0.4, 0.5) is 9.18 Å². The monoisotopic (exact) mass is 400 g/mol. The average molecular weight is 400 g/mol. The van der Waals surface area contributed by atoms with Gasteiger partial charge < -0.3 is 15.1 Å². The summed E-state index contributed by atoms with van der Waals surface area (Å²) < 4.78 is 14.2. The lowest BCUT2D eigenvalue weighted by molar-refractivity contribution is 0.0984. The van der Waals surface area contributed by atoms with Gasteiger partial charge in [0.2, 0.25) is 0 Å². The lowest BCUT2D eigenvalue weighted by atomic mass is 10.0. The van der Waals surface area contributed by atoms with Crippen LogP contribution >= 0.6 is 0 Å². The van der Waals surface area contributed by atoms with E-state index >= 15 is 0 Å². The van der Waals surface area contributed by atoms with E-state index in [1.54, 1.807) is 37.2 Å². The first-order valence-electron chi connectivity index (χ1n) is 9.68. The number of Topliss-reactive ketones (excluding diaryl/α,β-unsaturated/α-hetero) is 1. The van der Waals surface area contributed by atoms with Crippen LogP contribution in [0, 0.1) is 5.82 Å². The summed E-state index contributed by atoms with van der Waals surface area (Å²) in [5.74, 6) is -0.701. The van der Waals surface area contributed by atoms with Crippen molar-refractivity contribution < 1.29 is 14.0 Å². The highest BCUT2D eigenvalue weighted by atomic mass is 19.1. The molecule has 0 unspecified atom stereocenters. The van der Waals surface area contributed by atoms with Crippen LogP contribution in [0.25, 0.3) is 0 Å². The number of hydrogen-bond donors (Lipinski definition) is 1. The summed E-state index contributed by atoms with van der Waals surface area (Å²) in [7, 11) is 5.55. The second-order valence-electron chi connectivity index (χ2n) is 7.28. The Kier molecular flexibility index (Phi) is 8.27. The van der Waals surface area contributed by atoms with Crippen LogP contribution in [0.15, 0.2) is 42.6 Å². The molecule has 2 rings (SSSR count). The number of likely N-dealkylation sites (N-methyl/N-ethyl adjacent to an activating group) is 1. The third-order valence-electron chi connectivity index (χ3n) is 4.82. The van der Waals surface area contributed by atoms with Crippen molar-refractivity contribution in [3.05, 3.63) is 65.2 Å². The molecule has 0 aliphatic carbocycles. The number of ketones is 1. The molecule has 1 atom stereocenters. The molecule has 0 aliphatic heterocycles. The van der Waals surface area contributed by atoms with Crippen molar-refractivity contribution in [3.63, 3.8) is 0 Å². The summed E-state index contributed by atoms with van der Waals surface area (Å²) in [4.78, 5) is 31.9. The topological polar surface area (TPSA) is 65.5 Å². The smallest absolute Gasteiger partial charge is 0.317 e. The lowest BCUT2D eigenvalue weighted by Gasteiger charge is -2.26. The minimum atomic E-state index is -0.494. The molecule has 7 heteroatoms. The number of benzene rings is 1. The van der Waals surface area contributed by atoms with Gasteiger partial charge in [0.15, 0.2) is 5.78 Å². The Bertz CT molecular complexity index is 827. The molecule has 0 fully saturated rings. The summed E-state index contributed by atoms with van der Waals surface area (Å²) >= 11 is 0. The zero-order valence-electron chi connectivity index (χ0n) is 17.5. The molecule has 0 aliphatic rings.